The van der Waals surface area contributed by atoms with Crippen molar-refractivity contribution in [1.29, 1.82) is 0 Å². The summed E-state index contributed by atoms with van der Waals surface area (Å²) in [6, 6.07) is 0. The van der Waals surface area contributed by atoms with Gasteiger partial charge in [0.05, 0.1) is 0 Å². The lowest BCUT2D eigenvalue weighted by Gasteiger charge is -2.04. The Labute approximate surface area is 66.1 Å². The van der Waals surface area contributed by atoms with Crippen molar-refractivity contribution in [3.63, 3.8) is 0 Å². The molecular weight excluding hydrogens is 142 g/mol. The van der Waals surface area contributed by atoms with Gasteiger partial charge in [-0.25, -0.2) is 0 Å². The van der Waals surface area contributed by atoms with E-state index < -0.39 is 0 Å². The number of ether oxygens (including phenoxy) is 1. The number of fused-ring (bicyclic) bond motifs is 1. The first-order chi connectivity index (χ1) is 5.33. The number of hydrogen-bond donors (Lipinski definition) is 1. The molecule has 1 saturated carbocycles. The van der Waals surface area contributed by atoms with Crippen molar-refractivity contribution in [2.24, 2.45) is 11.8 Å². The number of nitrogens with one attached hydrogen (secondary N) is 1. The number of piperidine rings is 1. The first-order valence-electron chi connectivity index (χ1n) is 4.23. The molecule has 1 saturated heterocycles. The van der Waals surface area contributed by atoms with E-state index >= 15 is 0 Å². The summed E-state index contributed by atoms with van der Waals surface area (Å²) in [4.78, 5) is 10.9. The lowest BCUT2D eigenvalue weighted by molar-refractivity contribution is -0.145. The van der Waals surface area contributed by atoms with E-state index in [0.29, 0.717) is 18.3 Å². The van der Waals surface area contributed by atoms with Crippen LogP contribution >= 0.6 is 0 Å². The van der Waals surface area contributed by atoms with E-state index in [0.717, 1.165) is 13.1 Å². The van der Waals surface area contributed by atoms with Gasteiger partial charge in [0.1, 0.15) is 6.10 Å². The van der Waals surface area contributed by atoms with Crippen molar-refractivity contribution >= 4 is 5.97 Å². The number of carbonyl (C=O) groups excluding carboxylic acids is 1. The summed E-state index contributed by atoms with van der Waals surface area (Å²) in [6.45, 7) is 3.90. The minimum atomic E-state index is -0.0515. The molecule has 1 aliphatic heterocycles. The summed E-state index contributed by atoms with van der Waals surface area (Å²) in [6.07, 6.45) is 0.757. The first-order valence-corrected chi connectivity index (χ1v) is 4.23. The zero-order chi connectivity index (χ0) is 7.84. The van der Waals surface area contributed by atoms with Crippen LogP contribution < -0.4 is 5.32 Å². The molecule has 0 bridgehead atoms. The molecule has 0 amide bonds. The third kappa shape index (κ3) is 1.13. The van der Waals surface area contributed by atoms with Gasteiger partial charge < -0.3 is 10.1 Å². The molecule has 0 aromatic heterocycles. The molecule has 2 rings (SSSR count). The quantitative estimate of drug-likeness (QED) is 0.577. The summed E-state index contributed by atoms with van der Waals surface area (Å²) in [5.41, 5.74) is 0. The van der Waals surface area contributed by atoms with Crippen LogP contribution in [0.15, 0.2) is 0 Å². The fourth-order valence-corrected chi connectivity index (χ4v) is 1.77. The van der Waals surface area contributed by atoms with Crippen LogP contribution in [0.3, 0.4) is 0 Å². The highest BCUT2D eigenvalue weighted by atomic mass is 16.5. The monoisotopic (exact) mass is 155 g/mol. The fraction of sp³-hybridized carbons (Fsp3) is 0.875. The molecule has 2 atom stereocenters. The largest absolute Gasteiger partial charge is 0.462 e. The molecule has 62 valence electrons. The molecule has 11 heavy (non-hydrogen) atoms. The highest BCUT2D eigenvalue weighted by molar-refractivity contribution is 5.69. The van der Waals surface area contributed by atoms with Gasteiger partial charge in [0.25, 0.3) is 0 Å². The minimum Gasteiger partial charge on any atom is -0.462 e. The van der Waals surface area contributed by atoms with Gasteiger partial charge >= 0.3 is 5.97 Å². The van der Waals surface area contributed by atoms with Crippen LogP contribution in [0.1, 0.15) is 13.3 Å². The molecule has 3 heteroatoms. The molecule has 0 aromatic rings. The van der Waals surface area contributed by atoms with E-state index in [1.165, 1.54) is 0 Å². The van der Waals surface area contributed by atoms with Crippen molar-refractivity contribution in [2.45, 2.75) is 19.4 Å². The van der Waals surface area contributed by atoms with E-state index in [-0.39, 0.29) is 12.1 Å². The summed E-state index contributed by atoms with van der Waals surface area (Å²) in [5.74, 6) is 1.21. The van der Waals surface area contributed by atoms with Crippen LogP contribution in [0.4, 0.5) is 0 Å². The van der Waals surface area contributed by atoms with Crippen LogP contribution in [-0.4, -0.2) is 25.2 Å². The van der Waals surface area contributed by atoms with E-state index in [4.69, 9.17) is 4.74 Å². The van der Waals surface area contributed by atoms with Crippen LogP contribution in [-0.2, 0) is 9.53 Å². The SMILES string of the molecule is CCC(=O)OC1C2CNCC21. The van der Waals surface area contributed by atoms with Crippen molar-refractivity contribution in [3.8, 4) is 0 Å². The second-order valence-electron chi connectivity index (χ2n) is 3.29. The Morgan fingerprint density at radius 3 is 2.73 bits per heavy atom. The molecule has 1 heterocycles. The van der Waals surface area contributed by atoms with Crippen molar-refractivity contribution in [1.82, 2.24) is 5.32 Å². The Bertz CT molecular complexity index is 171. The molecule has 0 spiro atoms. The molecular formula is C8H13NO2. The van der Waals surface area contributed by atoms with Gasteiger partial charge in [0, 0.05) is 31.3 Å². The van der Waals surface area contributed by atoms with Gasteiger partial charge in [-0.05, 0) is 0 Å². The average Bonchev–Trinajstić information content (AvgIpc) is 2.52. The Balaban J connectivity index is 1.79. The Morgan fingerprint density at radius 1 is 1.55 bits per heavy atom. The minimum absolute atomic E-state index is 0.0515. The predicted octanol–water partition coefficient (Wildman–Crippen LogP) is 0.157. The molecule has 3 nitrogen and oxygen atoms in total. The third-order valence-electron chi connectivity index (χ3n) is 2.57. The Morgan fingerprint density at radius 2 is 2.18 bits per heavy atom. The fourth-order valence-electron chi connectivity index (χ4n) is 1.77. The molecule has 2 aliphatic rings. The number of hydrogen-bond acceptors (Lipinski definition) is 3. The Hall–Kier alpha value is -0.570. The molecule has 2 fully saturated rings. The second kappa shape index (κ2) is 2.48. The summed E-state index contributed by atoms with van der Waals surface area (Å²) in [5, 5.41) is 3.25. The van der Waals surface area contributed by atoms with Crippen molar-refractivity contribution in [3.05, 3.63) is 0 Å². The molecule has 1 N–H and O–H groups in total. The predicted molar refractivity (Wildman–Crippen MR) is 40.0 cm³/mol. The first kappa shape index (κ1) is 7.10. The lowest BCUT2D eigenvalue weighted by atomic mass is 10.4. The van der Waals surface area contributed by atoms with Gasteiger partial charge in [-0.3, -0.25) is 4.79 Å². The maximum atomic E-state index is 10.9. The van der Waals surface area contributed by atoms with Crippen LogP contribution in [0.2, 0.25) is 0 Å². The molecule has 1 aliphatic carbocycles. The van der Waals surface area contributed by atoms with E-state index in [2.05, 4.69) is 5.32 Å². The standard InChI is InChI=1S/C8H13NO2/c1-2-7(10)11-8-5-3-9-4-6(5)8/h5-6,8-9H,2-4H2,1H3. The lowest BCUT2D eigenvalue weighted by Crippen LogP contribution is -2.20. The molecule has 0 radical (unpaired) electrons. The second-order valence-corrected chi connectivity index (χ2v) is 3.29. The van der Waals surface area contributed by atoms with Gasteiger partial charge in [-0.2, -0.15) is 0 Å². The summed E-state index contributed by atoms with van der Waals surface area (Å²) < 4.78 is 5.20. The topological polar surface area (TPSA) is 38.3 Å². The maximum absolute atomic E-state index is 10.9. The zero-order valence-corrected chi connectivity index (χ0v) is 6.67. The third-order valence-corrected chi connectivity index (χ3v) is 2.57. The van der Waals surface area contributed by atoms with Gasteiger partial charge in [0.2, 0.25) is 0 Å². The molecule has 0 aromatic carbocycles. The highest BCUT2D eigenvalue weighted by Crippen LogP contribution is 2.44. The number of carbonyl (C=O) groups is 1. The maximum Gasteiger partial charge on any atom is 0.305 e. The van der Waals surface area contributed by atoms with Gasteiger partial charge in [0.15, 0.2) is 0 Å². The van der Waals surface area contributed by atoms with Crippen molar-refractivity contribution < 1.29 is 9.53 Å². The van der Waals surface area contributed by atoms with Crippen LogP contribution in [0, 0.1) is 11.8 Å². The summed E-state index contributed by atoms with van der Waals surface area (Å²) >= 11 is 0. The van der Waals surface area contributed by atoms with Gasteiger partial charge in [-0.15, -0.1) is 0 Å². The Kier molecular flexibility index (Phi) is 1.60. The number of esters is 1. The average molecular weight is 155 g/mol. The van der Waals surface area contributed by atoms with Gasteiger partial charge in [-0.1, -0.05) is 6.92 Å². The van der Waals surface area contributed by atoms with E-state index in [1.54, 1.807) is 0 Å². The van der Waals surface area contributed by atoms with E-state index in [9.17, 15) is 4.79 Å². The van der Waals surface area contributed by atoms with E-state index in [1.807, 2.05) is 6.92 Å². The van der Waals surface area contributed by atoms with Crippen LogP contribution in [0.5, 0.6) is 0 Å². The van der Waals surface area contributed by atoms with Crippen LogP contribution in [0.25, 0.3) is 0 Å². The number of rotatable bonds is 2. The normalized spacial score (nSPS) is 39.9. The zero-order valence-electron chi connectivity index (χ0n) is 6.67. The summed E-state index contributed by atoms with van der Waals surface area (Å²) in [7, 11) is 0. The van der Waals surface area contributed by atoms with Crippen molar-refractivity contribution in [2.75, 3.05) is 13.1 Å². The molecule has 2 unspecified atom stereocenters. The smallest absolute Gasteiger partial charge is 0.305 e. The highest BCUT2D eigenvalue weighted by Gasteiger charge is 2.55.